The maximum absolute atomic E-state index is 11.4. The second-order valence-electron chi connectivity index (χ2n) is 4.96. The average molecular weight is 178 g/mol. The molecule has 0 N–H and O–H groups in total. The summed E-state index contributed by atoms with van der Waals surface area (Å²) in [6, 6.07) is 0. The molecule has 0 heterocycles. The van der Waals surface area contributed by atoms with Crippen molar-refractivity contribution in [2.45, 2.75) is 45.4 Å². The van der Waals surface area contributed by atoms with E-state index in [1.165, 1.54) is 18.4 Å². The first-order valence-electron chi connectivity index (χ1n) is 5.31. The lowest BCUT2D eigenvalue weighted by Gasteiger charge is -2.45. The zero-order valence-corrected chi connectivity index (χ0v) is 8.44. The van der Waals surface area contributed by atoms with Crippen LogP contribution in [0.2, 0.25) is 0 Å². The van der Waals surface area contributed by atoms with E-state index in [0.717, 1.165) is 25.7 Å². The largest absolute Gasteiger partial charge is 0.300 e. The summed E-state index contributed by atoms with van der Waals surface area (Å²) in [5.74, 6) is 0.952. The molecule has 0 radical (unpaired) electrons. The van der Waals surface area contributed by atoms with Gasteiger partial charge in [-0.15, -0.1) is 0 Å². The van der Waals surface area contributed by atoms with Gasteiger partial charge in [0.2, 0.25) is 0 Å². The summed E-state index contributed by atoms with van der Waals surface area (Å²) < 4.78 is 0. The van der Waals surface area contributed by atoms with Crippen LogP contribution in [-0.4, -0.2) is 5.78 Å². The molecule has 2 saturated carbocycles. The van der Waals surface area contributed by atoms with Gasteiger partial charge < -0.3 is 0 Å². The van der Waals surface area contributed by atoms with Crippen molar-refractivity contribution in [2.75, 3.05) is 0 Å². The summed E-state index contributed by atoms with van der Waals surface area (Å²) in [6.07, 6.45) is 6.39. The lowest BCUT2D eigenvalue weighted by atomic mass is 9.59. The third-order valence-electron chi connectivity index (χ3n) is 3.99. The van der Waals surface area contributed by atoms with Gasteiger partial charge in [-0.1, -0.05) is 19.1 Å². The van der Waals surface area contributed by atoms with Gasteiger partial charge >= 0.3 is 0 Å². The molecule has 0 aliphatic heterocycles. The summed E-state index contributed by atoms with van der Waals surface area (Å²) in [6.45, 7) is 6.47. The Morgan fingerprint density at radius 2 is 2.15 bits per heavy atom. The molecule has 1 nitrogen and oxygen atoms in total. The van der Waals surface area contributed by atoms with Crippen molar-refractivity contribution in [3.05, 3.63) is 12.2 Å². The number of Topliss-reactive ketones (excluding diaryl/α,β-unsaturated/α-hetero) is 1. The molecule has 0 amide bonds. The van der Waals surface area contributed by atoms with Crippen molar-refractivity contribution in [1.29, 1.82) is 0 Å². The SMILES string of the molecule is C=C1CCCC2(C)CCC(=O)CC12. The van der Waals surface area contributed by atoms with E-state index in [4.69, 9.17) is 0 Å². The van der Waals surface area contributed by atoms with Gasteiger partial charge in [-0.3, -0.25) is 4.79 Å². The molecular weight excluding hydrogens is 160 g/mol. The molecule has 72 valence electrons. The molecule has 2 atom stereocenters. The summed E-state index contributed by atoms with van der Waals surface area (Å²) in [4.78, 5) is 11.4. The van der Waals surface area contributed by atoms with E-state index in [2.05, 4.69) is 13.5 Å². The van der Waals surface area contributed by atoms with Crippen LogP contribution in [0.25, 0.3) is 0 Å². The Labute approximate surface area is 80.2 Å². The molecule has 2 fully saturated rings. The average Bonchev–Trinajstić information content (AvgIpc) is 2.08. The van der Waals surface area contributed by atoms with Crippen LogP contribution in [0.1, 0.15) is 45.4 Å². The normalized spacial score (nSPS) is 40.2. The smallest absolute Gasteiger partial charge is 0.133 e. The Kier molecular flexibility index (Phi) is 2.05. The van der Waals surface area contributed by atoms with Crippen molar-refractivity contribution in [3.8, 4) is 0 Å². The third-order valence-corrected chi connectivity index (χ3v) is 3.99. The van der Waals surface area contributed by atoms with Gasteiger partial charge in [0.15, 0.2) is 0 Å². The maximum atomic E-state index is 11.4. The molecule has 13 heavy (non-hydrogen) atoms. The summed E-state index contributed by atoms with van der Waals surface area (Å²) >= 11 is 0. The Bertz CT molecular complexity index is 254. The number of carbonyl (C=O) groups is 1. The van der Waals surface area contributed by atoms with Gasteiger partial charge in [-0.05, 0) is 37.0 Å². The standard InChI is InChI=1S/C12H18O/c1-9-4-3-6-12(2)7-5-10(13)8-11(9)12/h11H,1,3-8H2,2H3. The van der Waals surface area contributed by atoms with Crippen LogP contribution in [-0.2, 0) is 4.79 Å². The number of ketones is 1. The Morgan fingerprint density at radius 1 is 1.38 bits per heavy atom. The highest BCUT2D eigenvalue weighted by molar-refractivity contribution is 5.80. The number of hydrogen-bond donors (Lipinski definition) is 0. The quantitative estimate of drug-likeness (QED) is 0.521. The molecule has 2 aliphatic rings. The van der Waals surface area contributed by atoms with E-state index < -0.39 is 0 Å². The van der Waals surface area contributed by atoms with Gasteiger partial charge in [0.05, 0.1) is 0 Å². The first-order valence-corrected chi connectivity index (χ1v) is 5.31. The number of hydrogen-bond acceptors (Lipinski definition) is 1. The van der Waals surface area contributed by atoms with Crippen molar-refractivity contribution in [1.82, 2.24) is 0 Å². The van der Waals surface area contributed by atoms with E-state index in [0.29, 0.717) is 17.1 Å². The van der Waals surface area contributed by atoms with Gasteiger partial charge in [-0.2, -0.15) is 0 Å². The number of rotatable bonds is 0. The molecule has 2 aliphatic carbocycles. The van der Waals surface area contributed by atoms with Crippen molar-refractivity contribution < 1.29 is 4.79 Å². The minimum atomic E-state index is 0.406. The van der Waals surface area contributed by atoms with Crippen LogP contribution >= 0.6 is 0 Å². The van der Waals surface area contributed by atoms with Crippen molar-refractivity contribution >= 4 is 5.78 Å². The van der Waals surface area contributed by atoms with E-state index in [1.54, 1.807) is 0 Å². The fourth-order valence-electron chi connectivity index (χ4n) is 3.01. The minimum Gasteiger partial charge on any atom is -0.300 e. The predicted octanol–water partition coefficient (Wildman–Crippen LogP) is 3.10. The number of carbonyl (C=O) groups excluding carboxylic acids is 1. The highest BCUT2D eigenvalue weighted by atomic mass is 16.1. The topological polar surface area (TPSA) is 17.1 Å². The molecule has 0 aromatic rings. The van der Waals surface area contributed by atoms with Gasteiger partial charge in [0.1, 0.15) is 5.78 Å². The monoisotopic (exact) mass is 178 g/mol. The van der Waals surface area contributed by atoms with Crippen LogP contribution in [0.3, 0.4) is 0 Å². The van der Waals surface area contributed by atoms with Crippen LogP contribution in [0.15, 0.2) is 12.2 Å². The number of allylic oxidation sites excluding steroid dienone is 1. The van der Waals surface area contributed by atoms with E-state index >= 15 is 0 Å². The van der Waals surface area contributed by atoms with Crippen molar-refractivity contribution in [2.24, 2.45) is 11.3 Å². The molecule has 0 saturated heterocycles. The molecule has 0 spiro atoms. The summed E-state index contributed by atoms with van der Waals surface area (Å²) in [7, 11) is 0. The summed E-state index contributed by atoms with van der Waals surface area (Å²) in [5.41, 5.74) is 1.74. The second kappa shape index (κ2) is 2.97. The zero-order chi connectivity index (χ0) is 9.47. The Balaban J connectivity index is 2.22. The predicted molar refractivity (Wildman–Crippen MR) is 53.4 cm³/mol. The molecule has 1 heteroatoms. The fraction of sp³-hybridized carbons (Fsp3) is 0.750. The minimum absolute atomic E-state index is 0.406. The number of fused-ring (bicyclic) bond motifs is 1. The lowest BCUT2D eigenvalue weighted by Crippen LogP contribution is -2.38. The van der Waals surface area contributed by atoms with E-state index in [1.807, 2.05) is 0 Å². The van der Waals surface area contributed by atoms with Crippen LogP contribution < -0.4 is 0 Å². The molecule has 0 bridgehead atoms. The molecule has 2 unspecified atom stereocenters. The first-order chi connectivity index (χ1) is 6.12. The van der Waals surface area contributed by atoms with Gasteiger partial charge in [-0.25, -0.2) is 0 Å². The Morgan fingerprint density at radius 3 is 2.92 bits per heavy atom. The third kappa shape index (κ3) is 1.45. The molecule has 0 aromatic carbocycles. The van der Waals surface area contributed by atoms with Gasteiger partial charge in [0, 0.05) is 12.8 Å². The van der Waals surface area contributed by atoms with Crippen LogP contribution in [0.4, 0.5) is 0 Å². The van der Waals surface area contributed by atoms with E-state index in [9.17, 15) is 4.79 Å². The summed E-state index contributed by atoms with van der Waals surface area (Å²) in [5, 5.41) is 0. The Hall–Kier alpha value is -0.590. The van der Waals surface area contributed by atoms with E-state index in [-0.39, 0.29) is 0 Å². The molecule has 0 aromatic heterocycles. The van der Waals surface area contributed by atoms with Crippen molar-refractivity contribution in [3.63, 3.8) is 0 Å². The second-order valence-corrected chi connectivity index (χ2v) is 4.96. The van der Waals surface area contributed by atoms with Gasteiger partial charge in [0.25, 0.3) is 0 Å². The van der Waals surface area contributed by atoms with Crippen LogP contribution in [0.5, 0.6) is 0 Å². The maximum Gasteiger partial charge on any atom is 0.133 e. The zero-order valence-electron chi connectivity index (χ0n) is 8.44. The first kappa shape index (κ1) is 8.98. The lowest BCUT2D eigenvalue weighted by molar-refractivity contribution is -0.124. The van der Waals surface area contributed by atoms with Crippen LogP contribution in [0, 0.1) is 11.3 Å². The highest BCUT2D eigenvalue weighted by Crippen LogP contribution is 2.50. The molecular formula is C12H18O. The highest BCUT2D eigenvalue weighted by Gasteiger charge is 2.42. The molecule has 2 rings (SSSR count). The fourth-order valence-corrected chi connectivity index (χ4v) is 3.01.